The smallest absolute Gasteiger partial charge is 0.191 e. The normalized spacial score (nSPS) is 21.1. The predicted octanol–water partition coefficient (Wildman–Crippen LogP) is 3.88. The number of rotatable bonds is 8. The minimum absolute atomic E-state index is 0. The highest BCUT2D eigenvalue weighted by molar-refractivity contribution is 14.0. The lowest BCUT2D eigenvalue weighted by molar-refractivity contribution is -0.0705. The molecule has 182 valence electrons. The molecule has 3 rings (SSSR count). The quantitative estimate of drug-likeness (QED) is 0.257. The second-order valence-electron chi connectivity index (χ2n) is 8.91. The van der Waals surface area contributed by atoms with E-state index in [2.05, 4.69) is 53.6 Å². The molecule has 2 aromatic carbocycles. The Kier molecular flexibility index (Phi) is 11.1. The van der Waals surface area contributed by atoms with Gasteiger partial charge in [-0.3, -0.25) is 4.90 Å². The summed E-state index contributed by atoms with van der Waals surface area (Å²) in [4.78, 5) is 7.26. The van der Waals surface area contributed by atoms with Gasteiger partial charge in [-0.1, -0.05) is 54.6 Å². The van der Waals surface area contributed by atoms with Gasteiger partial charge in [-0.25, -0.2) is 4.99 Å². The number of hydrogen-bond acceptors (Lipinski definition) is 4. The van der Waals surface area contributed by atoms with Gasteiger partial charge in [0.05, 0.1) is 25.3 Å². The maximum atomic E-state index is 10.9. The van der Waals surface area contributed by atoms with Crippen LogP contribution in [0.25, 0.3) is 0 Å². The van der Waals surface area contributed by atoms with Crippen molar-refractivity contribution < 1.29 is 9.84 Å². The van der Waals surface area contributed by atoms with E-state index in [1.807, 2.05) is 44.2 Å². The van der Waals surface area contributed by atoms with Crippen LogP contribution in [-0.2, 0) is 23.4 Å². The molecule has 0 radical (unpaired) electrons. The summed E-state index contributed by atoms with van der Waals surface area (Å²) in [6.45, 7) is 12.6. The molecule has 0 aliphatic carbocycles. The van der Waals surface area contributed by atoms with Gasteiger partial charge in [-0.2, -0.15) is 0 Å². The molecular weight excluding hydrogens is 527 g/mol. The maximum Gasteiger partial charge on any atom is 0.191 e. The Bertz CT molecular complexity index is 866. The Morgan fingerprint density at radius 2 is 1.64 bits per heavy atom. The zero-order chi connectivity index (χ0) is 23.0. The van der Waals surface area contributed by atoms with Gasteiger partial charge in [0.15, 0.2) is 5.96 Å². The number of guanidine groups is 1. The van der Waals surface area contributed by atoms with Gasteiger partial charge in [0.2, 0.25) is 0 Å². The summed E-state index contributed by atoms with van der Waals surface area (Å²) in [5.74, 6) is 0.701. The molecule has 3 unspecified atom stereocenters. The monoisotopic (exact) mass is 566 g/mol. The molecule has 33 heavy (non-hydrogen) atoms. The minimum Gasteiger partial charge on any atom is -0.384 e. The van der Waals surface area contributed by atoms with Crippen LogP contribution in [0.3, 0.4) is 0 Å². The van der Waals surface area contributed by atoms with E-state index in [-0.39, 0.29) is 36.2 Å². The Morgan fingerprint density at radius 1 is 1.03 bits per heavy atom. The predicted molar refractivity (Wildman–Crippen MR) is 146 cm³/mol. The molecule has 1 heterocycles. The number of ether oxygens (including phenoxy) is 1. The third-order valence-electron chi connectivity index (χ3n) is 5.76. The first-order valence-corrected chi connectivity index (χ1v) is 11.6. The van der Waals surface area contributed by atoms with Crippen LogP contribution in [0.2, 0.25) is 0 Å². The molecule has 0 saturated carbocycles. The van der Waals surface area contributed by atoms with Crippen LogP contribution < -0.4 is 10.6 Å². The molecule has 1 fully saturated rings. The number of nitrogens with one attached hydrogen (secondary N) is 2. The highest BCUT2D eigenvalue weighted by Gasteiger charge is 2.24. The van der Waals surface area contributed by atoms with E-state index in [9.17, 15) is 5.11 Å². The van der Waals surface area contributed by atoms with E-state index in [0.29, 0.717) is 19.0 Å². The lowest BCUT2D eigenvalue weighted by Gasteiger charge is -2.35. The van der Waals surface area contributed by atoms with Crippen LogP contribution in [0.1, 0.15) is 44.4 Å². The Balaban J connectivity index is 0.00000385. The van der Waals surface area contributed by atoms with Crippen molar-refractivity contribution in [2.45, 2.75) is 58.6 Å². The van der Waals surface area contributed by atoms with Gasteiger partial charge in [0.25, 0.3) is 0 Å². The zero-order valence-electron chi connectivity index (χ0n) is 20.3. The summed E-state index contributed by atoms with van der Waals surface area (Å²) in [7, 11) is 0. The SMILES string of the molecule is CCNC(=NCc1ccccc1CN1CC(C)OC(C)C1)NCC(C)(O)c1ccccc1.I. The molecule has 0 spiro atoms. The van der Waals surface area contributed by atoms with E-state index in [1.54, 1.807) is 0 Å². The van der Waals surface area contributed by atoms with Crippen molar-refractivity contribution in [1.82, 2.24) is 15.5 Å². The number of benzene rings is 2. The zero-order valence-corrected chi connectivity index (χ0v) is 22.6. The second-order valence-corrected chi connectivity index (χ2v) is 8.91. The summed E-state index contributed by atoms with van der Waals surface area (Å²) in [6.07, 6.45) is 0.511. The standard InChI is InChI=1S/C26H38N4O2.HI/c1-5-27-25(29-19-26(4,31)24-13-7-6-8-14-24)28-15-22-11-9-10-12-23(22)18-30-16-20(2)32-21(3)17-30;/h6-14,20-21,31H,5,15-19H2,1-4H3,(H2,27,28,29);1H. The van der Waals surface area contributed by atoms with Crippen molar-refractivity contribution in [3.8, 4) is 0 Å². The highest BCUT2D eigenvalue weighted by Crippen LogP contribution is 2.19. The van der Waals surface area contributed by atoms with E-state index in [4.69, 9.17) is 9.73 Å². The minimum atomic E-state index is -0.987. The van der Waals surface area contributed by atoms with Gasteiger partial charge in [0.1, 0.15) is 5.60 Å². The van der Waals surface area contributed by atoms with Crippen molar-refractivity contribution in [1.29, 1.82) is 0 Å². The van der Waals surface area contributed by atoms with Crippen LogP contribution in [0, 0.1) is 0 Å². The number of aliphatic imine (C=N–C) groups is 1. The fraction of sp³-hybridized carbons (Fsp3) is 0.500. The number of nitrogens with zero attached hydrogens (tertiary/aromatic N) is 2. The number of aliphatic hydroxyl groups is 1. The van der Waals surface area contributed by atoms with Gasteiger partial charge >= 0.3 is 0 Å². The summed E-state index contributed by atoms with van der Waals surface area (Å²) < 4.78 is 5.88. The van der Waals surface area contributed by atoms with Crippen LogP contribution in [0.4, 0.5) is 0 Å². The molecule has 1 aliphatic rings. The lowest BCUT2D eigenvalue weighted by Crippen LogP contribution is -2.45. The van der Waals surface area contributed by atoms with Gasteiger partial charge in [-0.15, -0.1) is 24.0 Å². The summed E-state index contributed by atoms with van der Waals surface area (Å²) >= 11 is 0. The van der Waals surface area contributed by atoms with Crippen molar-refractivity contribution >= 4 is 29.9 Å². The van der Waals surface area contributed by atoms with Crippen molar-refractivity contribution in [3.63, 3.8) is 0 Å². The van der Waals surface area contributed by atoms with E-state index < -0.39 is 5.60 Å². The van der Waals surface area contributed by atoms with Crippen molar-refractivity contribution in [3.05, 3.63) is 71.3 Å². The fourth-order valence-electron chi connectivity index (χ4n) is 4.18. The van der Waals surface area contributed by atoms with Crippen LogP contribution in [-0.4, -0.2) is 54.4 Å². The molecule has 3 atom stereocenters. The van der Waals surface area contributed by atoms with Crippen molar-refractivity contribution in [2.75, 3.05) is 26.2 Å². The van der Waals surface area contributed by atoms with E-state index >= 15 is 0 Å². The Morgan fingerprint density at radius 3 is 2.27 bits per heavy atom. The molecule has 0 bridgehead atoms. The molecule has 3 N–H and O–H groups in total. The number of halogens is 1. The summed E-state index contributed by atoms with van der Waals surface area (Å²) in [6, 6.07) is 18.2. The van der Waals surface area contributed by atoms with Gasteiger partial charge < -0.3 is 20.5 Å². The fourth-order valence-corrected chi connectivity index (χ4v) is 4.18. The average Bonchev–Trinajstić information content (AvgIpc) is 2.76. The molecule has 7 heteroatoms. The number of morpholine rings is 1. The first-order chi connectivity index (χ1) is 15.4. The third-order valence-corrected chi connectivity index (χ3v) is 5.76. The average molecular weight is 567 g/mol. The topological polar surface area (TPSA) is 69.1 Å². The first-order valence-electron chi connectivity index (χ1n) is 11.6. The highest BCUT2D eigenvalue weighted by atomic mass is 127. The number of hydrogen-bond donors (Lipinski definition) is 3. The molecule has 2 aromatic rings. The second kappa shape index (κ2) is 13.3. The van der Waals surface area contributed by atoms with Crippen molar-refractivity contribution in [2.24, 2.45) is 4.99 Å². The maximum absolute atomic E-state index is 10.9. The Labute approximate surface area is 215 Å². The summed E-state index contributed by atoms with van der Waals surface area (Å²) in [5.41, 5.74) is 2.40. The van der Waals surface area contributed by atoms with Gasteiger partial charge in [0, 0.05) is 26.2 Å². The van der Waals surface area contributed by atoms with Crippen LogP contribution in [0.5, 0.6) is 0 Å². The first kappa shape index (κ1) is 27.6. The van der Waals surface area contributed by atoms with E-state index in [1.165, 1.54) is 11.1 Å². The summed E-state index contributed by atoms with van der Waals surface area (Å²) in [5, 5.41) is 17.5. The molecule has 0 aromatic heterocycles. The van der Waals surface area contributed by atoms with Crippen LogP contribution >= 0.6 is 24.0 Å². The van der Waals surface area contributed by atoms with Crippen LogP contribution in [0.15, 0.2) is 59.6 Å². The lowest BCUT2D eigenvalue weighted by atomic mass is 9.96. The molecule has 6 nitrogen and oxygen atoms in total. The van der Waals surface area contributed by atoms with Gasteiger partial charge in [-0.05, 0) is 44.4 Å². The molecular formula is C26H39IN4O2. The van der Waals surface area contributed by atoms with E-state index in [0.717, 1.165) is 31.7 Å². The third kappa shape index (κ3) is 8.55. The molecule has 1 aliphatic heterocycles. The largest absolute Gasteiger partial charge is 0.384 e. The molecule has 1 saturated heterocycles. The molecule has 0 amide bonds. The Hall–Kier alpha value is -1.68.